The third kappa shape index (κ3) is 2.06. The lowest BCUT2D eigenvalue weighted by molar-refractivity contribution is -0.118. The van der Waals surface area contributed by atoms with Crippen LogP contribution in [0.1, 0.15) is 5.56 Å². The average Bonchev–Trinajstić information content (AvgIpc) is 2.53. The molecule has 21 heavy (non-hydrogen) atoms. The summed E-state index contributed by atoms with van der Waals surface area (Å²) in [5.41, 5.74) is 0.712. The second kappa shape index (κ2) is 4.86. The van der Waals surface area contributed by atoms with Gasteiger partial charge in [0.2, 0.25) is 5.78 Å². The van der Waals surface area contributed by atoms with Crippen LogP contribution in [0.5, 0.6) is 0 Å². The van der Waals surface area contributed by atoms with Gasteiger partial charge >= 0.3 is 0 Å². The highest BCUT2D eigenvalue weighted by molar-refractivity contribution is 7.93. The fourth-order valence-electron chi connectivity index (χ4n) is 2.38. The number of aliphatic hydroxyl groups excluding tert-OH is 1. The van der Waals surface area contributed by atoms with E-state index in [0.717, 1.165) is 0 Å². The number of ketones is 1. The molecule has 0 aromatic heterocycles. The van der Waals surface area contributed by atoms with Crippen LogP contribution in [0.2, 0.25) is 0 Å². The molecule has 0 heterocycles. The second-order valence-electron chi connectivity index (χ2n) is 4.73. The number of allylic oxidation sites excluding steroid dienone is 1. The van der Waals surface area contributed by atoms with E-state index in [0.29, 0.717) is 5.56 Å². The van der Waals surface area contributed by atoms with Crippen molar-refractivity contribution in [1.29, 1.82) is 0 Å². The van der Waals surface area contributed by atoms with Crippen LogP contribution in [0, 0.1) is 0 Å². The summed E-state index contributed by atoms with van der Waals surface area (Å²) in [6.45, 7) is 0. The number of hydrogen-bond donors (Lipinski definition) is 1. The SMILES string of the molecule is O=C1C(O)=C(c2ccccc2)C1S(=O)(=O)c1ccccc1. The lowest BCUT2D eigenvalue weighted by Crippen LogP contribution is -2.41. The van der Waals surface area contributed by atoms with E-state index in [4.69, 9.17) is 0 Å². The first kappa shape index (κ1) is 13.6. The van der Waals surface area contributed by atoms with Crippen LogP contribution in [0.25, 0.3) is 5.57 Å². The van der Waals surface area contributed by atoms with Gasteiger partial charge < -0.3 is 5.11 Å². The zero-order chi connectivity index (χ0) is 15.0. The first-order valence-corrected chi connectivity index (χ1v) is 7.90. The molecule has 1 atom stereocenters. The van der Waals surface area contributed by atoms with Gasteiger partial charge in [0.05, 0.1) is 4.90 Å². The fraction of sp³-hybridized carbons (Fsp3) is 0.0625. The summed E-state index contributed by atoms with van der Waals surface area (Å²) in [6, 6.07) is 16.4. The normalized spacial score (nSPS) is 18.5. The Balaban J connectivity index is 2.10. The predicted molar refractivity (Wildman–Crippen MR) is 78.4 cm³/mol. The molecule has 0 fully saturated rings. The Hall–Kier alpha value is -2.40. The molecule has 1 aliphatic rings. The van der Waals surface area contributed by atoms with E-state index in [1.807, 2.05) is 0 Å². The molecule has 0 bridgehead atoms. The quantitative estimate of drug-likeness (QED) is 0.944. The molecule has 1 N–H and O–H groups in total. The molecule has 0 saturated carbocycles. The zero-order valence-electron chi connectivity index (χ0n) is 10.9. The maximum Gasteiger partial charge on any atom is 0.220 e. The van der Waals surface area contributed by atoms with Crippen LogP contribution in [0.15, 0.2) is 71.3 Å². The van der Waals surface area contributed by atoms with Gasteiger partial charge in [-0.1, -0.05) is 48.5 Å². The maximum atomic E-state index is 12.6. The molecule has 1 aliphatic carbocycles. The smallest absolute Gasteiger partial charge is 0.220 e. The van der Waals surface area contributed by atoms with E-state index in [1.165, 1.54) is 12.1 Å². The molecule has 0 radical (unpaired) electrons. The number of rotatable bonds is 3. The van der Waals surface area contributed by atoms with E-state index < -0.39 is 26.6 Å². The van der Waals surface area contributed by atoms with E-state index in [-0.39, 0.29) is 10.5 Å². The molecule has 0 aliphatic heterocycles. The van der Waals surface area contributed by atoms with Crippen LogP contribution in [0.3, 0.4) is 0 Å². The predicted octanol–water partition coefficient (Wildman–Crippen LogP) is 2.38. The maximum absolute atomic E-state index is 12.6. The van der Waals surface area contributed by atoms with Gasteiger partial charge in [0.15, 0.2) is 20.8 Å². The molecule has 0 spiro atoms. The van der Waals surface area contributed by atoms with Crippen LogP contribution >= 0.6 is 0 Å². The van der Waals surface area contributed by atoms with Crippen molar-refractivity contribution in [2.24, 2.45) is 0 Å². The van der Waals surface area contributed by atoms with Gasteiger partial charge in [-0.25, -0.2) is 8.42 Å². The van der Waals surface area contributed by atoms with Gasteiger partial charge in [0.1, 0.15) is 0 Å². The van der Waals surface area contributed by atoms with Crippen molar-refractivity contribution >= 4 is 21.2 Å². The van der Waals surface area contributed by atoms with Gasteiger partial charge in [-0.05, 0) is 17.7 Å². The van der Waals surface area contributed by atoms with Crippen molar-refractivity contribution < 1.29 is 18.3 Å². The summed E-state index contributed by atoms with van der Waals surface area (Å²) >= 11 is 0. The molecule has 2 aromatic rings. The number of benzene rings is 2. The summed E-state index contributed by atoms with van der Waals surface area (Å²) in [4.78, 5) is 12.0. The van der Waals surface area contributed by atoms with Crippen molar-refractivity contribution in [3.63, 3.8) is 0 Å². The Morgan fingerprint density at radius 1 is 0.857 bits per heavy atom. The van der Waals surface area contributed by atoms with E-state index >= 15 is 0 Å². The van der Waals surface area contributed by atoms with Gasteiger partial charge in [-0.15, -0.1) is 0 Å². The molecule has 1 unspecified atom stereocenters. The summed E-state index contributed by atoms with van der Waals surface area (Å²) in [6.07, 6.45) is 0. The Morgan fingerprint density at radius 2 is 1.38 bits per heavy atom. The lowest BCUT2D eigenvalue weighted by atomic mass is 9.88. The first-order chi connectivity index (χ1) is 10.0. The summed E-state index contributed by atoms with van der Waals surface area (Å²) in [7, 11) is -3.85. The highest BCUT2D eigenvalue weighted by Gasteiger charge is 2.49. The molecule has 5 heteroatoms. The Kier molecular flexibility index (Phi) is 3.14. The molecule has 0 amide bonds. The highest BCUT2D eigenvalue weighted by Crippen LogP contribution is 2.39. The molecule has 106 valence electrons. The first-order valence-electron chi connectivity index (χ1n) is 6.35. The summed E-state index contributed by atoms with van der Waals surface area (Å²) in [5, 5.41) is 8.44. The minimum atomic E-state index is -3.85. The average molecular weight is 300 g/mol. The zero-order valence-corrected chi connectivity index (χ0v) is 11.7. The van der Waals surface area contributed by atoms with Crippen molar-refractivity contribution in [2.75, 3.05) is 0 Å². The van der Waals surface area contributed by atoms with Gasteiger partial charge in [-0.3, -0.25) is 4.79 Å². The van der Waals surface area contributed by atoms with Crippen molar-refractivity contribution in [3.8, 4) is 0 Å². The minimum Gasteiger partial charge on any atom is -0.504 e. The fourth-order valence-corrected chi connectivity index (χ4v) is 4.14. The van der Waals surface area contributed by atoms with Gasteiger partial charge in [-0.2, -0.15) is 0 Å². The minimum absolute atomic E-state index is 0.0734. The van der Waals surface area contributed by atoms with E-state index in [2.05, 4.69) is 0 Å². The van der Waals surface area contributed by atoms with Crippen LogP contribution < -0.4 is 0 Å². The Bertz CT molecular complexity index is 821. The second-order valence-corrected chi connectivity index (χ2v) is 6.76. The van der Waals surface area contributed by atoms with Crippen molar-refractivity contribution in [2.45, 2.75) is 10.1 Å². The standard InChI is InChI=1S/C16H12O4S/c17-14-13(11-7-3-1-4-8-11)16(15(14)18)21(19,20)12-9-5-2-6-10-12/h1-10,16-17H. The topological polar surface area (TPSA) is 71.4 Å². The monoisotopic (exact) mass is 300 g/mol. The largest absolute Gasteiger partial charge is 0.504 e. The third-order valence-electron chi connectivity index (χ3n) is 3.46. The molecule has 4 nitrogen and oxygen atoms in total. The number of sulfone groups is 1. The number of carbonyl (C=O) groups excluding carboxylic acids is 1. The number of carbonyl (C=O) groups is 1. The molecule has 0 saturated heterocycles. The molecule has 2 aromatic carbocycles. The van der Waals surface area contributed by atoms with Crippen molar-refractivity contribution in [1.82, 2.24) is 0 Å². The Morgan fingerprint density at radius 3 is 1.95 bits per heavy atom. The molecular formula is C16H12O4S. The van der Waals surface area contributed by atoms with Gasteiger partial charge in [0, 0.05) is 5.57 Å². The molecular weight excluding hydrogens is 288 g/mol. The number of Topliss-reactive ketones (excluding diaryl/α,β-unsaturated/α-hetero) is 1. The summed E-state index contributed by atoms with van der Waals surface area (Å²) < 4.78 is 25.2. The van der Waals surface area contributed by atoms with E-state index in [1.54, 1.807) is 48.5 Å². The van der Waals surface area contributed by atoms with Crippen LogP contribution in [-0.4, -0.2) is 24.6 Å². The van der Waals surface area contributed by atoms with Gasteiger partial charge in [0.25, 0.3) is 0 Å². The summed E-state index contributed by atoms with van der Waals surface area (Å²) in [5.74, 6) is -1.22. The Labute approximate surface area is 122 Å². The van der Waals surface area contributed by atoms with Crippen LogP contribution in [-0.2, 0) is 14.6 Å². The molecule has 3 rings (SSSR count). The lowest BCUT2D eigenvalue weighted by Gasteiger charge is -2.28. The number of hydrogen-bond acceptors (Lipinski definition) is 4. The third-order valence-corrected chi connectivity index (χ3v) is 5.46. The van der Waals surface area contributed by atoms with Crippen molar-refractivity contribution in [3.05, 3.63) is 72.0 Å². The highest BCUT2D eigenvalue weighted by atomic mass is 32.2. The number of aliphatic hydroxyl groups is 1. The van der Waals surface area contributed by atoms with Crippen LogP contribution in [0.4, 0.5) is 0 Å². The van der Waals surface area contributed by atoms with E-state index in [9.17, 15) is 18.3 Å².